The van der Waals surface area contributed by atoms with Gasteiger partial charge in [0.15, 0.2) is 5.58 Å². The zero-order valence-electron chi connectivity index (χ0n) is 8.41. The van der Waals surface area contributed by atoms with E-state index >= 15 is 0 Å². The minimum absolute atomic E-state index is 0.0485. The summed E-state index contributed by atoms with van der Waals surface area (Å²) in [5.41, 5.74) is 6.91. The van der Waals surface area contributed by atoms with Gasteiger partial charge >= 0.3 is 0 Å². The molecule has 3 rings (SSSR count). The first-order valence-electron chi connectivity index (χ1n) is 5.16. The number of rotatable bonds is 2. The Morgan fingerprint density at radius 3 is 2.94 bits per heavy atom. The van der Waals surface area contributed by atoms with Crippen LogP contribution >= 0.6 is 11.6 Å². The molecule has 1 fully saturated rings. The third-order valence-corrected chi connectivity index (χ3v) is 3.15. The standard InChI is InChI=1S/C11H10ClFN2O/c12-6-3-8-9(4-7(6)13)16-11(15-8)10(14)5-1-2-5/h3-5,10H,1-2,14H2. The van der Waals surface area contributed by atoms with Gasteiger partial charge in [0.05, 0.1) is 11.1 Å². The highest BCUT2D eigenvalue weighted by Crippen LogP contribution is 2.39. The van der Waals surface area contributed by atoms with Gasteiger partial charge in [-0.05, 0) is 24.8 Å². The van der Waals surface area contributed by atoms with Crippen molar-refractivity contribution in [3.8, 4) is 0 Å². The molecule has 1 unspecified atom stereocenters. The Morgan fingerprint density at radius 1 is 1.50 bits per heavy atom. The van der Waals surface area contributed by atoms with Crippen molar-refractivity contribution in [1.82, 2.24) is 4.98 Å². The minimum Gasteiger partial charge on any atom is -0.439 e. The van der Waals surface area contributed by atoms with Crippen LogP contribution in [0, 0.1) is 11.7 Å². The Balaban J connectivity index is 2.07. The molecule has 84 valence electrons. The monoisotopic (exact) mass is 240 g/mol. The Labute approximate surface area is 96.4 Å². The van der Waals surface area contributed by atoms with Gasteiger partial charge < -0.3 is 10.2 Å². The van der Waals surface area contributed by atoms with Crippen LogP contribution in [0.3, 0.4) is 0 Å². The van der Waals surface area contributed by atoms with Crippen LogP contribution in [-0.4, -0.2) is 4.98 Å². The van der Waals surface area contributed by atoms with Gasteiger partial charge in [0.1, 0.15) is 11.3 Å². The predicted molar refractivity (Wildman–Crippen MR) is 58.6 cm³/mol. The summed E-state index contributed by atoms with van der Waals surface area (Å²) < 4.78 is 18.6. The van der Waals surface area contributed by atoms with Gasteiger partial charge in [0, 0.05) is 6.07 Å². The van der Waals surface area contributed by atoms with Crippen LogP contribution < -0.4 is 5.73 Å². The first-order valence-corrected chi connectivity index (χ1v) is 5.54. The maximum atomic E-state index is 13.2. The van der Waals surface area contributed by atoms with E-state index in [2.05, 4.69) is 4.98 Å². The molecule has 1 atom stereocenters. The summed E-state index contributed by atoms with van der Waals surface area (Å²) in [7, 11) is 0. The Bertz CT molecular complexity index is 511. The fourth-order valence-electron chi connectivity index (χ4n) is 1.74. The molecular weight excluding hydrogens is 231 g/mol. The van der Waals surface area contributed by atoms with Crippen molar-refractivity contribution in [1.29, 1.82) is 0 Å². The number of aromatic nitrogens is 1. The lowest BCUT2D eigenvalue weighted by molar-refractivity contribution is 0.447. The molecule has 2 aromatic rings. The summed E-state index contributed by atoms with van der Waals surface area (Å²) in [6.07, 6.45) is 2.21. The Kier molecular flexibility index (Phi) is 2.16. The van der Waals surface area contributed by atoms with E-state index in [4.69, 9.17) is 21.8 Å². The van der Waals surface area contributed by atoms with E-state index in [1.807, 2.05) is 0 Å². The maximum absolute atomic E-state index is 13.2. The van der Waals surface area contributed by atoms with E-state index in [9.17, 15) is 4.39 Å². The van der Waals surface area contributed by atoms with Gasteiger partial charge in [0.25, 0.3) is 0 Å². The first kappa shape index (κ1) is 10.1. The van der Waals surface area contributed by atoms with Gasteiger partial charge in [-0.25, -0.2) is 9.37 Å². The molecule has 5 heteroatoms. The van der Waals surface area contributed by atoms with Gasteiger partial charge in [-0.15, -0.1) is 0 Å². The van der Waals surface area contributed by atoms with Crippen molar-refractivity contribution in [2.45, 2.75) is 18.9 Å². The van der Waals surface area contributed by atoms with Gasteiger partial charge in [-0.1, -0.05) is 11.6 Å². The molecule has 1 aliphatic rings. The summed E-state index contributed by atoms with van der Waals surface area (Å²) in [6, 6.07) is 2.52. The molecule has 1 aromatic carbocycles. The topological polar surface area (TPSA) is 52.0 Å². The molecule has 0 saturated heterocycles. The minimum atomic E-state index is -0.503. The molecule has 1 aromatic heterocycles. The fourth-order valence-corrected chi connectivity index (χ4v) is 1.90. The number of nitrogens with zero attached hydrogens (tertiary/aromatic N) is 1. The van der Waals surface area contributed by atoms with E-state index in [-0.39, 0.29) is 11.1 Å². The number of benzene rings is 1. The van der Waals surface area contributed by atoms with Crippen LogP contribution in [-0.2, 0) is 0 Å². The predicted octanol–water partition coefficient (Wildman–Crippen LogP) is 3.03. The van der Waals surface area contributed by atoms with Crippen LogP contribution in [0.4, 0.5) is 4.39 Å². The van der Waals surface area contributed by atoms with Crippen molar-refractivity contribution in [2.75, 3.05) is 0 Å². The largest absolute Gasteiger partial charge is 0.439 e. The molecule has 0 amide bonds. The summed E-state index contributed by atoms with van der Waals surface area (Å²) in [5.74, 6) is 0.421. The van der Waals surface area contributed by atoms with Gasteiger partial charge in [-0.2, -0.15) is 0 Å². The Hall–Kier alpha value is -1.13. The number of nitrogens with two attached hydrogens (primary N) is 1. The molecule has 1 aliphatic carbocycles. The number of fused-ring (bicyclic) bond motifs is 1. The van der Waals surface area contributed by atoms with Crippen molar-refractivity contribution in [3.05, 3.63) is 28.9 Å². The third kappa shape index (κ3) is 1.58. The van der Waals surface area contributed by atoms with Crippen molar-refractivity contribution < 1.29 is 8.81 Å². The second-order valence-corrected chi connectivity index (χ2v) is 4.56. The molecular formula is C11H10ClFN2O. The van der Waals surface area contributed by atoms with Crippen LogP contribution in [0.5, 0.6) is 0 Å². The second kappa shape index (κ2) is 3.43. The summed E-state index contributed by atoms with van der Waals surface area (Å²) in [5, 5.41) is 0.0485. The van der Waals surface area contributed by atoms with Crippen LogP contribution in [0.2, 0.25) is 5.02 Å². The highest BCUT2D eigenvalue weighted by Gasteiger charge is 2.32. The molecule has 0 radical (unpaired) electrons. The quantitative estimate of drug-likeness (QED) is 0.878. The molecule has 0 bridgehead atoms. The summed E-state index contributed by atoms with van der Waals surface area (Å²) >= 11 is 5.66. The molecule has 1 saturated carbocycles. The molecule has 16 heavy (non-hydrogen) atoms. The van der Waals surface area contributed by atoms with Crippen LogP contribution in [0.25, 0.3) is 11.1 Å². The van der Waals surface area contributed by atoms with E-state index < -0.39 is 5.82 Å². The normalized spacial score (nSPS) is 17.9. The van der Waals surface area contributed by atoms with E-state index in [0.29, 0.717) is 22.9 Å². The van der Waals surface area contributed by atoms with Crippen molar-refractivity contribution in [3.63, 3.8) is 0 Å². The highest BCUT2D eigenvalue weighted by molar-refractivity contribution is 6.31. The lowest BCUT2D eigenvalue weighted by atomic mass is 10.2. The summed E-state index contributed by atoms with van der Waals surface area (Å²) in [6.45, 7) is 0. The van der Waals surface area contributed by atoms with Gasteiger partial charge in [0.2, 0.25) is 5.89 Å². The van der Waals surface area contributed by atoms with Crippen LogP contribution in [0.15, 0.2) is 16.5 Å². The first-order chi connectivity index (χ1) is 7.65. The molecule has 1 heterocycles. The molecule has 3 nitrogen and oxygen atoms in total. The summed E-state index contributed by atoms with van der Waals surface area (Å²) in [4.78, 5) is 4.23. The molecule has 2 N–H and O–H groups in total. The number of oxazole rings is 1. The van der Waals surface area contributed by atoms with E-state index in [0.717, 1.165) is 12.8 Å². The highest BCUT2D eigenvalue weighted by atomic mass is 35.5. The SMILES string of the molecule is NC(c1nc2cc(Cl)c(F)cc2o1)C1CC1. The number of hydrogen-bond donors (Lipinski definition) is 1. The molecule has 0 aliphatic heterocycles. The average Bonchev–Trinajstić information content (AvgIpc) is 3.01. The zero-order valence-corrected chi connectivity index (χ0v) is 9.17. The van der Waals surface area contributed by atoms with Crippen LogP contribution in [0.1, 0.15) is 24.8 Å². The second-order valence-electron chi connectivity index (χ2n) is 4.15. The lowest BCUT2D eigenvalue weighted by Crippen LogP contribution is -2.12. The third-order valence-electron chi connectivity index (χ3n) is 2.86. The number of hydrogen-bond acceptors (Lipinski definition) is 3. The lowest BCUT2D eigenvalue weighted by Gasteiger charge is -2.02. The van der Waals surface area contributed by atoms with E-state index in [1.165, 1.54) is 12.1 Å². The van der Waals surface area contributed by atoms with Gasteiger partial charge in [-0.3, -0.25) is 0 Å². The zero-order chi connectivity index (χ0) is 11.3. The smallest absolute Gasteiger partial charge is 0.212 e. The van der Waals surface area contributed by atoms with Crippen molar-refractivity contribution >= 4 is 22.7 Å². The van der Waals surface area contributed by atoms with Crippen molar-refractivity contribution in [2.24, 2.45) is 11.7 Å². The maximum Gasteiger partial charge on any atom is 0.212 e. The Morgan fingerprint density at radius 2 is 2.25 bits per heavy atom. The average molecular weight is 241 g/mol. The van der Waals surface area contributed by atoms with E-state index in [1.54, 1.807) is 0 Å². The number of halogens is 2. The molecule has 0 spiro atoms. The fraction of sp³-hybridized carbons (Fsp3) is 0.364.